The first kappa shape index (κ1) is 17.7. The molecule has 31 heavy (non-hydrogen) atoms. The molecule has 0 aliphatic carbocycles. The summed E-state index contributed by atoms with van der Waals surface area (Å²) in [5.41, 5.74) is 5.11. The van der Waals surface area contributed by atoms with Crippen LogP contribution < -0.4 is 0 Å². The molecule has 0 saturated carbocycles. The van der Waals surface area contributed by atoms with E-state index in [9.17, 15) is 4.39 Å². The van der Waals surface area contributed by atoms with E-state index >= 15 is 0 Å². The number of aromatic nitrogens is 7. The van der Waals surface area contributed by atoms with Crippen molar-refractivity contribution < 1.29 is 8.91 Å². The van der Waals surface area contributed by atoms with E-state index in [1.807, 2.05) is 29.7 Å². The van der Waals surface area contributed by atoms with E-state index in [4.69, 9.17) is 4.52 Å². The molecule has 4 heterocycles. The molecular weight excluding hydrogens is 397 g/mol. The largest absolute Gasteiger partial charge is 0.339 e. The van der Waals surface area contributed by atoms with Crippen molar-refractivity contribution in [2.45, 2.75) is 19.9 Å². The summed E-state index contributed by atoms with van der Waals surface area (Å²) in [7, 11) is 0. The molecule has 8 nitrogen and oxygen atoms in total. The van der Waals surface area contributed by atoms with E-state index in [2.05, 4.69) is 31.3 Å². The maximum Gasteiger partial charge on any atom is 0.231 e. The lowest BCUT2D eigenvalue weighted by Crippen LogP contribution is -2.06. The van der Waals surface area contributed by atoms with Crippen molar-refractivity contribution in [2.75, 3.05) is 0 Å². The van der Waals surface area contributed by atoms with Crippen molar-refractivity contribution in [2.24, 2.45) is 0 Å². The molecule has 0 amide bonds. The van der Waals surface area contributed by atoms with E-state index < -0.39 is 0 Å². The van der Waals surface area contributed by atoms with E-state index in [1.54, 1.807) is 17.1 Å². The van der Waals surface area contributed by atoms with Gasteiger partial charge in [-0.15, -0.1) is 0 Å². The molecule has 3 aromatic heterocycles. The molecule has 0 saturated heterocycles. The number of hydrogen-bond acceptors (Lipinski definition) is 6. The average Bonchev–Trinajstić information content (AvgIpc) is 3.47. The first-order valence-corrected chi connectivity index (χ1v) is 9.78. The van der Waals surface area contributed by atoms with Crippen molar-refractivity contribution in [3.05, 3.63) is 83.6 Å². The van der Waals surface area contributed by atoms with Crippen LogP contribution in [0.2, 0.25) is 0 Å². The summed E-state index contributed by atoms with van der Waals surface area (Å²) in [6.07, 6.45) is 3.69. The third-order valence-corrected chi connectivity index (χ3v) is 5.36. The van der Waals surface area contributed by atoms with E-state index in [1.165, 1.54) is 24.0 Å². The van der Waals surface area contributed by atoms with Gasteiger partial charge in [-0.25, -0.2) is 19.0 Å². The SMILES string of the molecule is Cc1cccc(Cc2nc(-c3ncn4c3Cn3ncnc3-c3cc(F)ccc3-4)no2)c1. The lowest BCUT2D eigenvalue weighted by molar-refractivity contribution is 0.385. The molecule has 9 heteroatoms. The molecule has 152 valence electrons. The highest BCUT2D eigenvalue weighted by Crippen LogP contribution is 2.33. The van der Waals surface area contributed by atoms with Gasteiger partial charge in [0.25, 0.3) is 0 Å². The topological polar surface area (TPSA) is 87.5 Å². The highest BCUT2D eigenvalue weighted by atomic mass is 19.1. The Balaban J connectivity index is 1.43. The van der Waals surface area contributed by atoms with Crippen molar-refractivity contribution in [1.82, 2.24) is 34.5 Å². The Morgan fingerprint density at radius 3 is 2.97 bits per heavy atom. The second-order valence-electron chi connectivity index (χ2n) is 7.49. The van der Waals surface area contributed by atoms with E-state index in [0.29, 0.717) is 41.8 Å². The van der Waals surface area contributed by atoms with Crippen LogP contribution in [-0.4, -0.2) is 34.5 Å². The summed E-state index contributed by atoms with van der Waals surface area (Å²) in [6.45, 7) is 2.44. The number of fused-ring (bicyclic) bond motifs is 5. The van der Waals surface area contributed by atoms with Crippen LogP contribution >= 0.6 is 0 Å². The van der Waals surface area contributed by atoms with Gasteiger partial charge in [-0.1, -0.05) is 35.0 Å². The Kier molecular flexibility index (Phi) is 3.82. The summed E-state index contributed by atoms with van der Waals surface area (Å²) in [5.74, 6) is 1.18. The third-order valence-electron chi connectivity index (χ3n) is 5.36. The first-order chi connectivity index (χ1) is 15.2. The molecule has 0 fully saturated rings. The normalized spacial score (nSPS) is 12.2. The molecule has 0 bridgehead atoms. The lowest BCUT2D eigenvalue weighted by Gasteiger charge is -2.08. The zero-order valence-electron chi connectivity index (χ0n) is 16.5. The van der Waals surface area contributed by atoms with Crippen LogP contribution in [0.15, 0.2) is 59.6 Å². The molecule has 6 rings (SSSR count). The monoisotopic (exact) mass is 413 g/mol. The molecule has 1 aliphatic rings. The first-order valence-electron chi connectivity index (χ1n) is 9.78. The summed E-state index contributed by atoms with van der Waals surface area (Å²) in [6, 6.07) is 12.8. The summed E-state index contributed by atoms with van der Waals surface area (Å²) in [4.78, 5) is 13.4. The third kappa shape index (κ3) is 2.93. The van der Waals surface area contributed by atoms with Gasteiger partial charge in [0.1, 0.15) is 24.2 Å². The molecule has 0 radical (unpaired) electrons. The predicted molar refractivity (Wildman–Crippen MR) is 109 cm³/mol. The van der Waals surface area contributed by atoms with Crippen molar-refractivity contribution in [3.63, 3.8) is 0 Å². The molecule has 0 spiro atoms. The van der Waals surface area contributed by atoms with Crippen molar-refractivity contribution >= 4 is 0 Å². The number of hydrogen-bond donors (Lipinski definition) is 0. The predicted octanol–water partition coefficient (Wildman–Crippen LogP) is 3.58. The number of aryl methyl sites for hydroxylation is 1. The molecule has 2 aromatic carbocycles. The van der Waals surface area contributed by atoms with Gasteiger partial charge in [0, 0.05) is 5.56 Å². The quantitative estimate of drug-likeness (QED) is 0.441. The molecule has 0 atom stereocenters. The van der Waals surface area contributed by atoms with Gasteiger partial charge in [-0.3, -0.25) is 4.57 Å². The van der Waals surface area contributed by atoms with Crippen LogP contribution in [0.5, 0.6) is 0 Å². The van der Waals surface area contributed by atoms with Crippen molar-refractivity contribution in [3.8, 4) is 28.6 Å². The Morgan fingerprint density at radius 2 is 2.06 bits per heavy atom. The highest BCUT2D eigenvalue weighted by molar-refractivity contribution is 5.70. The summed E-state index contributed by atoms with van der Waals surface area (Å²) < 4.78 is 23.1. The summed E-state index contributed by atoms with van der Waals surface area (Å²) >= 11 is 0. The van der Waals surface area contributed by atoms with E-state index in [-0.39, 0.29) is 5.82 Å². The van der Waals surface area contributed by atoms with Crippen molar-refractivity contribution in [1.29, 1.82) is 0 Å². The van der Waals surface area contributed by atoms with Gasteiger partial charge in [-0.2, -0.15) is 10.1 Å². The number of nitrogens with zero attached hydrogens (tertiary/aromatic N) is 7. The number of rotatable bonds is 3. The maximum absolute atomic E-state index is 14.0. The lowest BCUT2D eigenvalue weighted by atomic mass is 10.1. The van der Waals surface area contributed by atoms with Gasteiger partial charge >= 0.3 is 0 Å². The van der Waals surface area contributed by atoms with Gasteiger partial charge < -0.3 is 4.52 Å². The molecule has 1 aliphatic heterocycles. The number of benzene rings is 2. The van der Waals surface area contributed by atoms with Gasteiger partial charge in [0.2, 0.25) is 11.7 Å². The Bertz CT molecular complexity index is 1430. The van der Waals surface area contributed by atoms with Gasteiger partial charge in [-0.05, 0) is 30.7 Å². The fourth-order valence-corrected chi connectivity index (χ4v) is 3.97. The zero-order chi connectivity index (χ0) is 20.9. The minimum Gasteiger partial charge on any atom is -0.339 e. The minimum absolute atomic E-state index is 0.337. The Labute approximate surface area is 176 Å². The fourth-order valence-electron chi connectivity index (χ4n) is 3.97. The van der Waals surface area contributed by atoms with Crippen LogP contribution in [0.3, 0.4) is 0 Å². The highest BCUT2D eigenvalue weighted by Gasteiger charge is 2.26. The van der Waals surface area contributed by atoms with Gasteiger partial charge in [0.15, 0.2) is 5.82 Å². The van der Waals surface area contributed by atoms with Crippen LogP contribution in [0.25, 0.3) is 28.6 Å². The second-order valence-corrected chi connectivity index (χ2v) is 7.49. The molecule has 5 aromatic rings. The fraction of sp³-hybridized carbons (Fsp3) is 0.136. The Morgan fingerprint density at radius 1 is 1.13 bits per heavy atom. The summed E-state index contributed by atoms with van der Waals surface area (Å²) in [5, 5.41) is 8.47. The zero-order valence-corrected chi connectivity index (χ0v) is 16.5. The molecule has 0 N–H and O–H groups in total. The van der Waals surface area contributed by atoms with Crippen LogP contribution in [0.4, 0.5) is 4.39 Å². The number of imidazole rings is 1. The van der Waals surface area contributed by atoms with Crippen LogP contribution in [0, 0.1) is 12.7 Å². The second kappa shape index (κ2) is 6.69. The standard InChI is InChI=1S/C22H16FN7O/c1-13-3-2-4-14(7-13)8-19-27-21(28-31-19)20-18-10-30-22(24-11-26-30)16-9-15(23)5-6-17(16)29(18)12-25-20/h2-7,9,11-12H,8,10H2,1H3. The maximum atomic E-state index is 14.0. The minimum atomic E-state index is -0.337. The van der Waals surface area contributed by atoms with E-state index in [0.717, 1.165) is 16.9 Å². The van der Waals surface area contributed by atoms with Crippen LogP contribution in [0.1, 0.15) is 22.7 Å². The molecular formula is C22H16FN7O. The average molecular weight is 413 g/mol. The number of halogens is 1. The van der Waals surface area contributed by atoms with Gasteiger partial charge in [0.05, 0.1) is 24.3 Å². The Hall–Kier alpha value is -4.14. The molecule has 0 unspecified atom stereocenters. The van der Waals surface area contributed by atoms with Crippen LogP contribution in [-0.2, 0) is 13.0 Å². The smallest absolute Gasteiger partial charge is 0.231 e.